The zero-order valence-corrected chi connectivity index (χ0v) is 11.6. The summed E-state index contributed by atoms with van der Waals surface area (Å²) in [5, 5.41) is 3.39. The molecule has 0 spiro atoms. The quantitative estimate of drug-likeness (QED) is 0.879. The van der Waals surface area contributed by atoms with Gasteiger partial charge in [0.1, 0.15) is 0 Å². The van der Waals surface area contributed by atoms with E-state index >= 15 is 0 Å². The number of hydrogen-bond acceptors (Lipinski definition) is 2. The molecule has 2 heteroatoms. The van der Waals surface area contributed by atoms with Gasteiger partial charge in [0.25, 0.3) is 0 Å². The lowest BCUT2D eigenvalue weighted by atomic mass is 9.87. The average Bonchev–Trinajstić information content (AvgIpc) is 2.26. The monoisotopic (exact) mass is 244 g/mol. The van der Waals surface area contributed by atoms with Gasteiger partial charge in [-0.05, 0) is 56.3 Å². The van der Waals surface area contributed by atoms with Gasteiger partial charge in [-0.3, -0.25) is 0 Å². The van der Waals surface area contributed by atoms with Crippen LogP contribution in [0.1, 0.15) is 24.5 Å². The van der Waals surface area contributed by atoms with Crippen LogP contribution < -0.4 is 10.2 Å². The fraction of sp³-hybridized carbons (Fsp3) is 0.625. The highest BCUT2D eigenvalue weighted by molar-refractivity contribution is 5.56. The van der Waals surface area contributed by atoms with Crippen molar-refractivity contribution in [3.05, 3.63) is 29.3 Å². The first kappa shape index (κ1) is 12.0. The molecule has 0 bridgehead atoms. The lowest BCUT2D eigenvalue weighted by Gasteiger charge is -2.39. The van der Waals surface area contributed by atoms with Crippen LogP contribution in [0.15, 0.2) is 18.2 Å². The first-order chi connectivity index (χ1) is 8.74. The summed E-state index contributed by atoms with van der Waals surface area (Å²) in [5.41, 5.74) is 4.44. The van der Waals surface area contributed by atoms with E-state index in [1.807, 2.05) is 0 Å². The van der Waals surface area contributed by atoms with Crippen molar-refractivity contribution in [2.45, 2.75) is 26.7 Å². The van der Waals surface area contributed by atoms with E-state index in [0.717, 1.165) is 11.8 Å². The molecule has 0 aliphatic carbocycles. The number of anilines is 1. The van der Waals surface area contributed by atoms with E-state index < -0.39 is 0 Å². The summed E-state index contributed by atoms with van der Waals surface area (Å²) in [4.78, 5) is 2.61. The minimum absolute atomic E-state index is 0.804. The van der Waals surface area contributed by atoms with Crippen LogP contribution in [-0.4, -0.2) is 26.2 Å². The first-order valence-corrected chi connectivity index (χ1v) is 7.29. The van der Waals surface area contributed by atoms with Crippen LogP contribution in [0, 0.1) is 18.8 Å². The van der Waals surface area contributed by atoms with Gasteiger partial charge in [0.15, 0.2) is 0 Å². The SMILES string of the molecule is Cc1ccc2c(c1)CCCN2CC(C)C1CNC1. The van der Waals surface area contributed by atoms with Crippen molar-refractivity contribution < 1.29 is 0 Å². The highest BCUT2D eigenvalue weighted by Gasteiger charge is 2.26. The molecule has 2 aliphatic heterocycles. The number of fused-ring (bicyclic) bond motifs is 1. The number of hydrogen-bond donors (Lipinski definition) is 1. The molecule has 3 rings (SSSR count). The summed E-state index contributed by atoms with van der Waals surface area (Å²) in [6.07, 6.45) is 2.57. The summed E-state index contributed by atoms with van der Waals surface area (Å²) in [5.74, 6) is 1.69. The molecule has 1 N–H and O–H groups in total. The molecule has 98 valence electrons. The van der Waals surface area contributed by atoms with Gasteiger partial charge in [0, 0.05) is 18.8 Å². The van der Waals surface area contributed by atoms with Crippen molar-refractivity contribution in [2.75, 3.05) is 31.1 Å². The van der Waals surface area contributed by atoms with Gasteiger partial charge in [-0.2, -0.15) is 0 Å². The Bertz CT molecular complexity index is 423. The maximum Gasteiger partial charge on any atom is 0.0399 e. The third-order valence-electron chi connectivity index (χ3n) is 4.58. The van der Waals surface area contributed by atoms with E-state index in [1.54, 1.807) is 5.56 Å². The molecule has 1 aromatic rings. The van der Waals surface area contributed by atoms with Crippen LogP contribution in [-0.2, 0) is 6.42 Å². The third-order valence-corrected chi connectivity index (χ3v) is 4.58. The van der Waals surface area contributed by atoms with Crippen LogP contribution >= 0.6 is 0 Å². The number of nitrogens with one attached hydrogen (secondary N) is 1. The molecule has 18 heavy (non-hydrogen) atoms. The van der Waals surface area contributed by atoms with Gasteiger partial charge in [-0.25, -0.2) is 0 Å². The molecule has 1 saturated heterocycles. The fourth-order valence-corrected chi connectivity index (χ4v) is 3.20. The van der Waals surface area contributed by atoms with Crippen molar-refractivity contribution >= 4 is 5.69 Å². The largest absolute Gasteiger partial charge is 0.371 e. The predicted molar refractivity (Wildman–Crippen MR) is 77.2 cm³/mol. The predicted octanol–water partition coefficient (Wildman–Crippen LogP) is 2.60. The smallest absolute Gasteiger partial charge is 0.0399 e. The molecular weight excluding hydrogens is 220 g/mol. The summed E-state index contributed by atoms with van der Waals surface area (Å²) >= 11 is 0. The summed E-state index contributed by atoms with van der Waals surface area (Å²) in [7, 11) is 0. The van der Waals surface area contributed by atoms with Crippen LogP contribution in [0.2, 0.25) is 0 Å². The Hall–Kier alpha value is -1.02. The highest BCUT2D eigenvalue weighted by Crippen LogP contribution is 2.30. The second kappa shape index (κ2) is 4.93. The number of nitrogens with zero attached hydrogens (tertiary/aromatic N) is 1. The Morgan fingerprint density at radius 2 is 2.22 bits per heavy atom. The molecule has 2 heterocycles. The van der Waals surface area contributed by atoms with Gasteiger partial charge < -0.3 is 10.2 Å². The topological polar surface area (TPSA) is 15.3 Å². The molecule has 0 amide bonds. The Labute approximate surface area is 110 Å². The van der Waals surface area contributed by atoms with Gasteiger partial charge in [-0.15, -0.1) is 0 Å². The second-order valence-electron chi connectivity index (χ2n) is 6.08. The molecule has 2 aliphatic rings. The van der Waals surface area contributed by atoms with Crippen molar-refractivity contribution in [1.29, 1.82) is 0 Å². The van der Waals surface area contributed by atoms with E-state index in [1.165, 1.54) is 50.3 Å². The molecule has 1 aromatic carbocycles. The van der Waals surface area contributed by atoms with Crippen LogP contribution in [0.5, 0.6) is 0 Å². The molecule has 1 atom stereocenters. The lowest BCUT2D eigenvalue weighted by molar-refractivity contribution is 0.250. The van der Waals surface area contributed by atoms with E-state index in [4.69, 9.17) is 0 Å². The molecule has 1 unspecified atom stereocenters. The zero-order chi connectivity index (χ0) is 12.5. The van der Waals surface area contributed by atoms with Crippen molar-refractivity contribution in [3.8, 4) is 0 Å². The van der Waals surface area contributed by atoms with Crippen LogP contribution in [0.3, 0.4) is 0 Å². The van der Waals surface area contributed by atoms with Crippen LogP contribution in [0.4, 0.5) is 5.69 Å². The Morgan fingerprint density at radius 1 is 1.39 bits per heavy atom. The summed E-state index contributed by atoms with van der Waals surface area (Å²) < 4.78 is 0. The summed E-state index contributed by atoms with van der Waals surface area (Å²) in [6, 6.07) is 6.96. The van der Waals surface area contributed by atoms with Crippen molar-refractivity contribution in [1.82, 2.24) is 5.32 Å². The molecular formula is C16H24N2. The van der Waals surface area contributed by atoms with Crippen molar-refractivity contribution in [2.24, 2.45) is 11.8 Å². The normalized spacial score (nSPS) is 21.3. The standard InChI is InChI=1S/C16H24N2/c1-12-5-6-16-14(8-12)4-3-7-18(16)11-13(2)15-9-17-10-15/h5-6,8,13,15,17H,3-4,7,9-11H2,1-2H3. The van der Waals surface area contributed by atoms with Crippen LogP contribution in [0.25, 0.3) is 0 Å². The Kier molecular flexibility index (Phi) is 3.29. The zero-order valence-electron chi connectivity index (χ0n) is 11.6. The minimum atomic E-state index is 0.804. The van der Waals surface area contributed by atoms with E-state index in [2.05, 4.69) is 42.3 Å². The van der Waals surface area contributed by atoms with E-state index in [-0.39, 0.29) is 0 Å². The van der Waals surface area contributed by atoms with Gasteiger partial charge in [-0.1, -0.05) is 24.6 Å². The van der Waals surface area contributed by atoms with Gasteiger partial charge in [0.05, 0.1) is 0 Å². The van der Waals surface area contributed by atoms with E-state index in [0.29, 0.717) is 0 Å². The second-order valence-corrected chi connectivity index (χ2v) is 6.08. The molecule has 0 aromatic heterocycles. The highest BCUT2D eigenvalue weighted by atomic mass is 15.1. The fourth-order valence-electron chi connectivity index (χ4n) is 3.20. The van der Waals surface area contributed by atoms with Gasteiger partial charge in [0.2, 0.25) is 0 Å². The Balaban J connectivity index is 1.74. The lowest BCUT2D eigenvalue weighted by Crippen LogP contribution is -2.48. The number of aryl methyl sites for hydroxylation is 2. The summed E-state index contributed by atoms with van der Waals surface area (Å²) in [6.45, 7) is 9.50. The van der Waals surface area contributed by atoms with E-state index in [9.17, 15) is 0 Å². The minimum Gasteiger partial charge on any atom is -0.371 e. The third kappa shape index (κ3) is 2.26. The molecule has 0 saturated carbocycles. The molecule has 0 radical (unpaired) electrons. The number of rotatable bonds is 3. The number of benzene rings is 1. The van der Waals surface area contributed by atoms with Crippen molar-refractivity contribution in [3.63, 3.8) is 0 Å². The first-order valence-electron chi connectivity index (χ1n) is 7.29. The molecule has 1 fully saturated rings. The average molecular weight is 244 g/mol. The maximum absolute atomic E-state index is 3.39. The molecule has 2 nitrogen and oxygen atoms in total. The maximum atomic E-state index is 3.39. The Morgan fingerprint density at radius 3 is 2.94 bits per heavy atom. The van der Waals surface area contributed by atoms with Gasteiger partial charge >= 0.3 is 0 Å².